The van der Waals surface area contributed by atoms with E-state index < -0.39 is 42.0 Å². The highest BCUT2D eigenvalue weighted by atomic mass is 32.1. The molecule has 0 fully saturated rings. The van der Waals surface area contributed by atoms with Crippen molar-refractivity contribution in [3.8, 4) is 0 Å². The number of carbonyl (C=O) groups excluding carboxylic acids is 2. The molecule has 0 aromatic heterocycles. The molecule has 0 saturated carbocycles. The zero-order valence-electron chi connectivity index (χ0n) is 12.1. The Kier molecular flexibility index (Phi) is 9.11. The summed E-state index contributed by atoms with van der Waals surface area (Å²) in [5.74, 6) is -5.68. The zero-order chi connectivity index (χ0) is 18.9. The molecule has 0 saturated heterocycles. The van der Waals surface area contributed by atoms with Crippen LogP contribution in [0.15, 0.2) is 10.5 Å². The topological polar surface area (TPSA) is 209 Å². The molecule has 2 amide bonds. The molecule has 5 N–H and O–H groups in total. The van der Waals surface area contributed by atoms with Gasteiger partial charge in [-0.25, -0.2) is 4.79 Å². The van der Waals surface area contributed by atoms with Gasteiger partial charge in [0, 0.05) is 12.2 Å². The molecule has 3 unspecified atom stereocenters. The molecule has 0 radical (unpaired) electrons. The van der Waals surface area contributed by atoms with Crippen LogP contribution < -0.4 is 11.1 Å². The lowest BCUT2D eigenvalue weighted by Gasteiger charge is -2.21. The van der Waals surface area contributed by atoms with Gasteiger partial charge < -0.3 is 21.3 Å². The summed E-state index contributed by atoms with van der Waals surface area (Å²) in [6, 6.07) is -2.77. The minimum absolute atomic E-state index is 0.224. The van der Waals surface area contributed by atoms with Crippen molar-refractivity contribution < 1.29 is 29.4 Å². The van der Waals surface area contributed by atoms with Crippen LogP contribution in [0.3, 0.4) is 0 Å². The molecule has 0 aliphatic rings. The van der Waals surface area contributed by atoms with Crippen molar-refractivity contribution >= 4 is 36.4 Å². The number of amides is 2. The Hall–Kier alpha value is -2.61. The van der Waals surface area contributed by atoms with Crippen LogP contribution in [-0.2, 0) is 19.2 Å². The fourth-order valence-corrected chi connectivity index (χ4v) is 1.67. The van der Waals surface area contributed by atoms with E-state index in [4.69, 9.17) is 15.9 Å². The molecular formula is C10H15N5O8S. The maximum Gasteiger partial charge on any atom is 0.355 e. The fraction of sp³-hybridized carbons (Fsp3) is 0.600. The third kappa shape index (κ3) is 6.25. The number of hydrogen-bond donors (Lipinski definition) is 5. The number of nitrogens with zero attached hydrogens (tertiary/aromatic N) is 3. The average molecular weight is 365 g/mol. The van der Waals surface area contributed by atoms with Gasteiger partial charge in [-0.15, -0.1) is 9.81 Å². The lowest BCUT2D eigenvalue weighted by atomic mass is 10.1. The quantitative estimate of drug-likeness (QED) is 0.160. The van der Waals surface area contributed by atoms with Crippen molar-refractivity contribution in [2.45, 2.75) is 31.1 Å². The molecule has 3 atom stereocenters. The largest absolute Gasteiger partial charge is 0.480 e. The summed E-state index contributed by atoms with van der Waals surface area (Å²) in [5, 5.41) is 23.4. The maximum atomic E-state index is 12.0. The van der Waals surface area contributed by atoms with Gasteiger partial charge in [0.15, 0.2) is 0 Å². The first-order valence-corrected chi connectivity index (χ1v) is 6.93. The monoisotopic (exact) mass is 365 g/mol. The van der Waals surface area contributed by atoms with Crippen LogP contribution in [0.1, 0.15) is 12.8 Å². The molecule has 134 valence electrons. The van der Waals surface area contributed by atoms with Gasteiger partial charge in [0.05, 0.1) is 5.29 Å². The van der Waals surface area contributed by atoms with E-state index in [2.05, 4.69) is 28.4 Å². The van der Waals surface area contributed by atoms with Crippen LogP contribution in [0.25, 0.3) is 0 Å². The first-order chi connectivity index (χ1) is 11.2. The summed E-state index contributed by atoms with van der Waals surface area (Å²) in [4.78, 5) is 66.0. The van der Waals surface area contributed by atoms with Crippen LogP contribution in [-0.4, -0.2) is 63.0 Å². The third-order valence-electron chi connectivity index (χ3n) is 2.68. The predicted octanol–water partition coefficient (Wildman–Crippen LogP) is -1.72. The average Bonchev–Trinajstić information content (AvgIpc) is 2.53. The van der Waals surface area contributed by atoms with E-state index in [9.17, 15) is 29.0 Å². The van der Waals surface area contributed by atoms with Crippen molar-refractivity contribution in [3.05, 3.63) is 9.81 Å². The predicted molar refractivity (Wildman–Crippen MR) is 80.5 cm³/mol. The first-order valence-electron chi connectivity index (χ1n) is 6.29. The van der Waals surface area contributed by atoms with Gasteiger partial charge in [-0.1, -0.05) is 0 Å². The number of hydrogen-bond acceptors (Lipinski definition) is 10. The number of carboxylic acids is 2. The maximum absolute atomic E-state index is 12.0. The van der Waals surface area contributed by atoms with Crippen LogP contribution in [0.2, 0.25) is 0 Å². The summed E-state index contributed by atoms with van der Waals surface area (Å²) in [6.07, 6.45) is -2.97. The Morgan fingerprint density at radius 3 is 2.12 bits per heavy atom. The molecule has 0 aliphatic heterocycles. The molecule has 0 heterocycles. The minimum Gasteiger partial charge on any atom is -0.480 e. The summed E-state index contributed by atoms with van der Waals surface area (Å²) in [7, 11) is 0. The summed E-state index contributed by atoms with van der Waals surface area (Å²) in [5.41, 5.74) is 5.21. The van der Waals surface area contributed by atoms with Crippen molar-refractivity contribution in [2.75, 3.05) is 5.75 Å². The van der Waals surface area contributed by atoms with Crippen molar-refractivity contribution in [1.82, 2.24) is 10.3 Å². The number of carboxylic acid groups (broad SMARTS) is 2. The van der Waals surface area contributed by atoms with E-state index in [0.29, 0.717) is 0 Å². The highest BCUT2D eigenvalue weighted by Crippen LogP contribution is 2.07. The number of rotatable bonds is 11. The van der Waals surface area contributed by atoms with Gasteiger partial charge in [0.1, 0.15) is 12.1 Å². The van der Waals surface area contributed by atoms with E-state index in [1.165, 1.54) is 0 Å². The van der Waals surface area contributed by atoms with Gasteiger partial charge in [-0.05, 0) is 11.6 Å². The molecule has 0 aromatic rings. The molecule has 0 bridgehead atoms. The van der Waals surface area contributed by atoms with Gasteiger partial charge in [0.25, 0.3) is 12.1 Å². The van der Waals surface area contributed by atoms with Crippen LogP contribution in [0.5, 0.6) is 0 Å². The lowest BCUT2D eigenvalue weighted by molar-refractivity contribution is -0.151. The van der Waals surface area contributed by atoms with Crippen molar-refractivity contribution in [3.63, 3.8) is 0 Å². The third-order valence-corrected chi connectivity index (χ3v) is 3.05. The Balaban J connectivity index is 4.92. The number of carbonyl (C=O) groups is 4. The smallest absolute Gasteiger partial charge is 0.355 e. The summed E-state index contributed by atoms with van der Waals surface area (Å²) < 4.78 is 0. The second-order valence-corrected chi connectivity index (χ2v) is 4.73. The Labute approximate surface area is 139 Å². The molecule has 0 aliphatic carbocycles. The molecule has 0 rings (SSSR count). The number of nitrogens with two attached hydrogens (primary N) is 1. The number of nitrogens with one attached hydrogen (secondary N) is 1. The van der Waals surface area contributed by atoms with E-state index in [-0.39, 0.29) is 23.6 Å². The molecule has 24 heavy (non-hydrogen) atoms. The molecule has 0 aromatic carbocycles. The Bertz CT molecular complexity index is 529. The van der Waals surface area contributed by atoms with E-state index in [0.717, 1.165) is 0 Å². The Morgan fingerprint density at radius 2 is 1.75 bits per heavy atom. The minimum atomic E-state index is -2.39. The summed E-state index contributed by atoms with van der Waals surface area (Å²) in [6.45, 7) is 0. The van der Waals surface area contributed by atoms with Crippen LogP contribution >= 0.6 is 12.6 Å². The van der Waals surface area contributed by atoms with E-state index >= 15 is 0 Å². The van der Waals surface area contributed by atoms with Crippen molar-refractivity contribution in [1.29, 1.82) is 0 Å². The lowest BCUT2D eigenvalue weighted by Crippen LogP contribution is -2.52. The second-order valence-electron chi connectivity index (χ2n) is 4.37. The fourth-order valence-electron chi connectivity index (χ4n) is 1.42. The number of thiol groups is 1. The van der Waals surface area contributed by atoms with Gasteiger partial charge in [-0.2, -0.15) is 17.6 Å². The molecule has 13 nitrogen and oxygen atoms in total. The SMILES string of the molecule is NC(CCC(=O)NC(CS)C(=O)N(N=O)C(N=O)C(=O)O)C(=O)O. The van der Waals surface area contributed by atoms with Gasteiger partial charge >= 0.3 is 11.9 Å². The number of aliphatic carboxylic acids is 2. The van der Waals surface area contributed by atoms with E-state index in [1.54, 1.807) is 0 Å². The zero-order valence-corrected chi connectivity index (χ0v) is 13.0. The summed E-state index contributed by atoms with van der Waals surface area (Å²) >= 11 is 3.77. The molecule has 0 spiro atoms. The van der Waals surface area contributed by atoms with Gasteiger partial charge in [-0.3, -0.25) is 14.4 Å². The highest BCUT2D eigenvalue weighted by molar-refractivity contribution is 7.80. The van der Waals surface area contributed by atoms with E-state index in [1.807, 2.05) is 0 Å². The number of nitroso groups, excluding NO2 is 2. The van der Waals surface area contributed by atoms with Crippen molar-refractivity contribution in [2.24, 2.45) is 16.2 Å². The standard InChI is InChI=1S/C10H15N5O8S/c11-4(9(18)19)1-2-6(16)12-5(3-24)8(17)15(14-23)7(13-22)10(20)21/h4-5,7,24H,1-3,11H2,(H,12,16)(H,18,19)(H,20,21). The van der Waals surface area contributed by atoms with Gasteiger partial charge in [0.2, 0.25) is 5.91 Å². The highest BCUT2D eigenvalue weighted by Gasteiger charge is 2.36. The molecular weight excluding hydrogens is 350 g/mol. The van der Waals surface area contributed by atoms with Crippen LogP contribution in [0.4, 0.5) is 0 Å². The van der Waals surface area contributed by atoms with Crippen LogP contribution in [0, 0.1) is 9.81 Å². The Morgan fingerprint density at radius 1 is 1.17 bits per heavy atom. The molecule has 14 heteroatoms. The normalized spacial score (nSPS) is 13.9. The second kappa shape index (κ2) is 10.2. The first kappa shape index (κ1) is 21.4.